The van der Waals surface area contributed by atoms with Gasteiger partial charge in [0.25, 0.3) is 0 Å². The predicted molar refractivity (Wildman–Crippen MR) is 156 cm³/mol. The van der Waals surface area contributed by atoms with Gasteiger partial charge in [-0.2, -0.15) is 22.8 Å². The molecule has 0 bridgehead atoms. The van der Waals surface area contributed by atoms with Gasteiger partial charge in [0.2, 0.25) is 0 Å². The Hall–Kier alpha value is -4.96. The van der Waals surface area contributed by atoms with Gasteiger partial charge in [-0.1, -0.05) is 54.6 Å². The highest BCUT2D eigenvalue weighted by Gasteiger charge is 2.30. The maximum Gasteiger partial charge on any atom is 0.416 e. The molecule has 0 radical (unpaired) electrons. The average molecular weight is 608 g/mol. The number of benzene rings is 2. The standard InChI is InChI=1S/C31H32F3N5O2.CO2/c1-5-25-28(39-19-27(36-37-39)23-10-12-24(13-11-23)31(32,33)34)18-26(35-25)22-8-6-20(7-9-22)21-14-16-38(17-15-21)29(40)41-30(2,3)4;2-1-3/h6-14,18-19,35H,5,15-17H2,1-4H3;. The highest BCUT2D eigenvalue weighted by atomic mass is 19.4. The van der Waals surface area contributed by atoms with Gasteiger partial charge in [0, 0.05) is 30.0 Å². The Labute approximate surface area is 252 Å². The van der Waals surface area contributed by atoms with Crippen LogP contribution in [0, 0.1) is 0 Å². The highest BCUT2D eigenvalue weighted by molar-refractivity contribution is 5.74. The summed E-state index contributed by atoms with van der Waals surface area (Å²) in [6, 6.07) is 15.2. The second-order valence-corrected chi connectivity index (χ2v) is 11.1. The molecule has 0 atom stereocenters. The first-order valence-electron chi connectivity index (χ1n) is 13.9. The van der Waals surface area contributed by atoms with E-state index in [4.69, 9.17) is 14.3 Å². The van der Waals surface area contributed by atoms with Crippen LogP contribution in [0.4, 0.5) is 18.0 Å². The number of aromatic nitrogens is 4. The zero-order valence-electron chi connectivity index (χ0n) is 24.7. The van der Waals surface area contributed by atoms with E-state index < -0.39 is 17.3 Å². The van der Waals surface area contributed by atoms with Gasteiger partial charge in [-0.25, -0.2) is 9.48 Å². The molecule has 5 rings (SSSR count). The number of carbonyl (C=O) groups is 1. The molecule has 1 amide bonds. The van der Waals surface area contributed by atoms with E-state index >= 15 is 0 Å². The van der Waals surface area contributed by atoms with Crippen LogP contribution in [0.5, 0.6) is 0 Å². The molecule has 1 aliphatic heterocycles. The Morgan fingerprint density at radius 3 is 2.16 bits per heavy atom. The first-order valence-corrected chi connectivity index (χ1v) is 13.9. The number of aryl methyl sites for hydroxylation is 1. The molecule has 0 spiro atoms. The Kier molecular flexibility index (Phi) is 9.54. The number of nitrogens with zero attached hydrogens (tertiary/aromatic N) is 4. The molecule has 12 heteroatoms. The van der Waals surface area contributed by atoms with Crippen molar-refractivity contribution in [2.24, 2.45) is 0 Å². The topological polar surface area (TPSA) is 110 Å². The van der Waals surface area contributed by atoms with Crippen LogP contribution in [-0.4, -0.2) is 55.8 Å². The molecule has 2 aromatic carbocycles. The van der Waals surface area contributed by atoms with Crippen LogP contribution in [0.3, 0.4) is 0 Å². The summed E-state index contributed by atoms with van der Waals surface area (Å²) in [5, 5.41) is 8.43. The fraction of sp³-hybridized carbons (Fsp3) is 0.312. The number of carbonyl (C=O) groups excluding carboxylic acids is 3. The number of H-pyrrole nitrogens is 1. The first-order chi connectivity index (χ1) is 20.8. The largest absolute Gasteiger partial charge is 0.444 e. The fourth-order valence-corrected chi connectivity index (χ4v) is 4.75. The molecule has 1 aliphatic rings. The highest BCUT2D eigenvalue weighted by Crippen LogP contribution is 2.32. The summed E-state index contributed by atoms with van der Waals surface area (Å²) in [5.41, 5.74) is 5.83. The Balaban J connectivity index is 0.00000141. The van der Waals surface area contributed by atoms with Crippen molar-refractivity contribution >= 4 is 17.8 Å². The monoisotopic (exact) mass is 607 g/mol. The summed E-state index contributed by atoms with van der Waals surface area (Å²) in [6.07, 6.45) is 0.832. The van der Waals surface area contributed by atoms with E-state index in [9.17, 15) is 18.0 Å². The van der Waals surface area contributed by atoms with E-state index in [0.29, 0.717) is 24.3 Å². The predicted octanol–water partition coefficient (Wildman–Crippen LogP) is 6.95. The van der Waals surface area contributed by atoms with E-state index in [-0.39, 0.29) is 12.2 Å². The lowest BCUT2D eigenvalue weighted by atomic mass is 9.98. The number of hydrogen-bond acceptors (Lipinski definition) is 6. The fourth-order valence-electron chi connectivity index (χ4n) is 4.75. The maximum absolute atomic E-state index is 12.9. The average Bonchev–Trinajstić information content (AvgIpc) is 3.64. The third kappa shape index (κ3) is 7.70. The number of hydrogen-bond donors (Lipinski definition) is 1. The molecule has 44 heavy (non-hydrogen) atoms. The quantitative estimate of drug-likeness (QED) is 0.263. The Morgan fingerprint density at radius 1 is 1.00 bits per heavy atom. The van der Waals surface area contributed by atoms with Gasteiger partial charge in [0.1, 0.15) is 11.3 Å². The van der Waals surface area contributed by atoms with Crippen LogP contribution in [0.25, 0.3) is 33.8 Å². The molecule has 4 aromatic rings. The molecule has 9 nitrogen and oxygen atoms in total. The number of ether oxygens (including phenoxy) is 1. The number of alkyl halides is 3. The summed E-state index contributed by atoms with van der Waals surface area (Å²) in [5.74, 6) is 0. The molecule has 0 fully saturated rings. The second-order valence-electron chi connectivity index (χ2n) is 11.1. The van der Waals surface area contributed by atoms with Crippen molar-refractivity contribution in [1.29, 1.82) is 0 Å². The van der Waals surface area contributed by atoms with Crippen molar-refractivity contribution in [2.45, 2.75) is 52.3 Å². The summed E-state index contributed by atoms with van der Waals surface area (Å²) in [7, 11) is 0. The minimum atomic E-state index is -4.39. The molecule has 1 N–H and O–H groups in total. The van der Waals surface area contributed by atoms with Crippen LogP contribution < -0.4 is 0 Å². The van der Waals surface area contributed by atoms with E-state index in [1.807, 2.05) is 33.8 Å². The van der Waals surface area contributed by atoms with E-state index in [2.05, 4.69) is 45.6 Å². The lowest BCUT2D eigenvalue weighted by molar-refractivity contribution is -0.191. The lowest BCUT2D eigenvalue weighted by Gasteiger charge is -2.29. The van der Waals surface area contributed by atoms with Gasteiger partial charge in [-0.05, 0) is 68.5 Å². The number of halogens is 3. The van der Waals surface area contributed by atoms with Crippen LogP contribution >= 0.6 is 0 Å². The van der Waals surface area contributed by atoms with Gasteiger partial charge in [-0.15, -0.1) is 5.10 Å². The van der Waals surface area contributed by atoms with Gasteiger partial charge in [0.05, 0.1) is 17.4 Å². The molecule has 230 valence electrons. The van der Waals surface area contributed by atoms with E-state index in [0.717, 1.165) is 53.2 Å². The zero-order chi connectivity index (χ0) is 32.1. The molecule has 2 aromatic heterocycles. The third-order valence-corrected chi connectivity index (χ3v) is 6.91. The molecule has 0 aliphatic carbocycles. The van der Waals surface area contributed by atoms with Crippen molar-refractivity contribution in [2.75, 3.05) is 13.1 Å². The maximum atomic E-state index is 12.9. The SMILES string of the molecule is CCc1[nH]c(-c2ccc(C3=CCN(C(=O)OC(C)(C)C)CC3)cc2)cc1-n1cc(-c2ccc(C(F)(F)F)cc2)nn1.O=C=O. The van der Waals surface area contributed by atoms with Gasteiger partial charge in [0.15, 0.2) is 0 Å². The van der Waals surface area contributed by atoms with E-state index in [1.54, 1.807) is 15.8 Å². The lowest BCUT2D eigenvalue weighted by Crippen LogP contribution is -2.39. The van der Waals surface area contributed by atoms with Crippen LogP contribution in [0.2, 0.25) is 0 Å². The van der Waals surface area contributed by atoms with Crippen LogP contribution in [0.15, 0.2) is 66.9 Å². The van der Waals surface area contributed by atoms with Crippen LogP contribution in [-0.2, 0) is 26.9 Å². The molecular weight excluding hydrogens is 575 g/mol. The normalized spacial score (nSPS) is 13.4. The Bertz CT molecular complexity index is 1660. The van der Waals surface area contributed by atoms with Gasteiger partial charge >= 0.3 is 18.4 Å². The summed E-state index contributed by atoms with van der Waals surface area (Å²) in [4.78, 5) is 33.8. The molecule has 0 saturated heterocycles. The van der Waals surface area contributed by atoms with Crippen molar-refractivity contribution < 1.29 is 32.3 Å². The van der Waals surface area contributed by atoms with Crippen molar-refractivity contribution in [3.8, 4) is 28.2 Å². The third-order valence-electron chi connectivity index (χ3n) is 6.91. The molecule has 0 unspecified atom stereocenters. The zero-order valence-corrected chi connectivity index (χ0v) is 24.7. The smallest absolute Gasteiger partial charge is 0.416 e. The van der Waals surface area contributed by atoms with Crippen molar-refractivity contribution in [1.82, 2.24) is 24.9 Å². The summed E-state index contributed by atoms with van der Waals surface area (Å²) in [6.45, 7) is 8.74. The van der Waals surface area contributed by atoms with E-state index in [1.165, 1.54) is 17.7 Å². The second kappa shape index (κ2) is 13.1. The first kappa shape index (κ1) is 32.0. The number of rotatable bonds is 5. The number of aromatic amines is 1. The Morgan fingerprint density at radius 2 is 1.61 bits per heavy atom. The molecule has 0 saturated carbocycles. The van der Waals surface area contributed by atoms with Crippen molar-refractivity contribution in [3.63, 3.8) is 0 Å². The van der Waals surface area contributed by atoms with Crippen molar-refractivity contribution in [3.05, 3.63) is 83.7 Å². The van der Waals surface area contributed by atoms with Gasteiger partial charge in [-0.3, -0.25) is 0 Å². The van der Waals surface area contributed by atoms with Crippen LogP contribution in [0.1, 0.15) is 50.9 Å². The minimum Gasteiger partial charge on any atom is -0.444 e. The summed E-state index contributed by atoms with van der Waals surface area (Å²) < 4.78 is 45.9. The molecular formula is C32H32F3N5O4. The summed E-state index contributed by atoms with van der Waals surface area (Å²) >= 11 is 0. The number of nitrogens with one attached hydrogen (secondary N) is 1. The number of amides is 1. The minimum absolute atomic E-state index is 0.250. The molecule has 3 heterocycles. The van der Waals surface area contributed by atoms with Gasteiger partial charge < -0.3 is 14.6 Å².